The SMILES string of the molecule is N#CC1c2ccccc2C=Cc2ccc(C(F)(F)F)cc21. The molecule has 0 N–H and O–H groups in total. The van der Waals surface area contributed by atoms with Gasteiger partial charge >= 0.3 is 6.18 Å². The Bertz CT molecular complexity index is 766. The lowest BCUT2D eigenvalue weighted by Crippen LogP contribution is -2.08. The molecule has 0 aromatic heterocycles. The predicted molar refractivity (Wildman–Crippen MR) is 74.3 cm³/mol. The van der Waals surface area contributed by atoms with Gasteiger partial charge in [0, 0.05) is 0 Å². The van der Waals surface area contributed by atoms with Crippen molar-refractivity contribution in [1.29, 1.82) is 5.26 Å². The number of halogens is 3. The van der Waals surface area contributed by atoms with Crippen molar-refractivity contribution in [2.75, 3.05) is 0 Å². The molecule has 0 heterocycles. The van der Waals surface area contributed by atoms with Crippen LogP contribution in [0.5, 0.6) is 0 Å². The first kappa shape index (κ1) is 13.4. The fraction of sp³-hybridized carbons (Fsp3) is 0.118. The topological polar surface area (TPSA) is 23.8 Å². The first-order chi connectivity index (χ1) is 10.0. The van der Waals surface area contributed by atoms with E-state index in [4.69, 9.17) is 0 Å². The first-order valence-corrected chi connectivity index (χ1v) is 6.38. The number of hydrogen-bond acceptors (Lipinski definition) is 1. The van der Waals surface area contributed by atoms with Crippen LogP contribution in [0, 0.1) is 11.3 Å². The molecule has 0 aliphatic heterocycles. The number of rotatable bonds is 0. The van der Waals surface area contributed by atoms with E-state index in [9.17, 15) is 18.4 Å². The fourth-order valence-electron chi connectivity index (χ4n) is 2.56. The second-order valence-corrected chi connectivity index (χ2v) is 4.87. The highest BCUT2D eigenvalue weighted by atomic mass is 19.4. The molecule has 0 bridgehead atoms. The minimum atomic E-state index is -4.41. The Morgan fingerprint density at radius 3 is 2.24 bits per heavy atom. The van der Waals surface area contributed by atoms with Gasteiger partial charge in [-0.25, -0.2) is 0 Å². The highest BCUT2D eigenvalue weighted by Gasteiger charge is 2.32. The molecule has 1 aliphatic rings. The number of fused-ring (bicyclic) bond motifs is 2. The van der Waals surface area contributed by atoms with E-state index in [-0.39, 0.29) is 0 Å². The van der Waals surface area contributed by atoms with Gasteiger partial charge in [0.15, 0.2) is 0 Å². The molecule has 104 valence electrons. The Kier molecular flexibility index (Phi) is 3.06. The van der Waals surface area contributed by atoms with Crippen molar-refractivity contribution in [3.8, 4) is 6.07 Å². The molecule has 1 atom stereocenters. The molecule has 1 nitrogen and oxygen atoms in total. The van der Waals surface area contributed by atoms with Crippen molar-refractivity contribution >= 4 is 12.2 Å². The number of hydrogen-bond donors (Lipinski definition) is 0. The lowest BCUT2D eigenvalue weighted by molar-refractivity contribution is -0.137. The van der Waals surface area contributed by atoms with E-state index in [1.807, 2.05) is 18.2 Å². The van der Waals surface area contributed by atoms with E-state index in [1.165, 1.54) is 6.07 Å². The van der Waals surface area contributed by atoms with Crippen molar-refractivity contribution < 1.29 is 13.2 Å². The van der Waals surface area contributed by atoms with Gasteiger partial charge in [0.25, 0.3) is 0 Å². The third kappa shape index (κ3) is 2.31. The second-order valence-electron chi connectivity index (χ2n) is 4.87. The molecule has 0 fully saturated rings. The van der Waals surface area contributed by atoms with Gasteiger partial charge < -0.3 is 0 Å². The standard InChI is InChI=1S/C17H10F3N/c18-17(19,20)13-8-7-12-6-5-11-3-1-2-4-14(11)16(10-21)15(12)9-13/h1-9,16H. The van der Waals surface area contributed by atoms with Crippen LogP contribution in [0.3, 0.4) is 0 Å². The molecule has 0 saturated carbocycles. The largest absolute Gasteiger partial charge is 0.416 e. The quantitative estimate of drug-likeness (QED) is 0.679. The van der Waals surface area contributed by atoms with Crippen LogP contribution in [0.25, 0.3) is 12.2 Å². The van der Waals surface area contributed by atoms with Gasteiger partial charge in [0.2, 0.25) is 0 Å². The van der Waals surface area contributed by atoms with Crippen molar-refractivity contribution in [3.63, 3.8) is 0 Å². The van der Waals surface area contributed by atoms with Crippen LogP contribution in [0.4, 0.5) is 13.2 Å². The minimum absolute atomic E-state index is 0.397. The Labute approximate surface area is 120 Å². The molecule has 0 radical (unpaired) electrons. The Morgan fingerprint density at radius 1 is 0.905 bits per heavy atom. The third-order valence-corrected chi connectivity index (χ3v) is 3.60. The molecule has 0 saturated heterocycles. The molecule has 2 aromatic carbocycles. The summed E-state index contributed by atoms with van der Waals surface area (Å²) in [6.07, 6.45) is -0.824. The molecule has 0 amide bonds. The molecule has 2 aromatic rings. The molecule has 1 unspecified atom stereocenters. The zero-order chi connectivity index (χ0) is 15.0. The maximum Gasteiger partial charge on any atom is 0.416 e. The van der Waals surface area contributed by atoms with Crippen LogP contribution in [0.15, 0.2) is 42.5 Å². The summed E-state index contributed by atoms with van der Waals surface area (Å²) in [5.74, 6) is -0.700. The normalized spacial score (nSPS) is 16.6. The molecule has 1 aliphatic carbocycles. The maximum atomic E-state index is 12.9. The van der Waals surface area contributed by atoms with E-state index >= 15 is 0 Å². The maximum absolute atomic E-state index is 12.9. The van der Waals surface area contributed by atoms with Gasteiger partial charge in [-0.05, 0) is 34.4 Å². The lowest BCUT2D eigenvalue weighted by atomic mass is 9.88. The summed E-state index contributed by atoms with van der Waals surface area (Å²) in [5.41, 5.74) is 1.90. The Balaban J connectivity index is 2.24. The van der Waals surface area contributed by atoms with Gasteiger partial charge in [-0.1, -0.05) is 42.5 Å². The van der Waals surface area contributed by atoms with E-state index in [0.29, 0.717) is 11.1 Å². The summed E-state index contributed by atoms with van der Waals surface area (Å²) in [6.45, 7) is 0. The van der Waals surface area contributed by atoms with Crippen molar-refractivity contribution in [3.05, 3.63) is 70.3 Å². The van der Waals surface area contributed by atoms with E-state index < -0.39 is 17.7 Å². The number of nitriles is 1. The zero-order valence-electron chi connectivity index (χ0n) is 10.9. The monoisotopic (exact) mass is 285 g/mol. The third-order valence-electron chi connectivity index (χ3n) is 3.60. The fourth-order valence-corrected chi connectivity index (χ4v) is 2.56. The highest BCUT2D eigenvalue weighted by Crippen LogP contribution is 2.38. The minimum Gasteiger partial charge on any atom is -0.197 e. The van der Waals surface area contributed by atoms with Gasteiger partial charge in [0.1, 0.15) is 0 Å². The number of nitrogens with zero attached hydrogens (tertiary/aromatic N) is 1. The van der Waals surface area contributed by atoms with Gasteiger partial charge in [-0.15, -0.1) is 0 Å². The zero-order valence-corrected chi connectivity index (χ0v) is 10.9. The summed E-state index contributed by atoms with van der Waals surface area (Å²) in [7, 11) is 0. The Morgan fingerprint density at radius 2 is 1.57 bits per heavy atom. The average molecular weight is 285 g/mol. The molecule has 4 heteroatoms. The van der Waals surface area contributed by atoms with Crippen molar-refractivity contribution in [1.82, 2.24) is 0 Å². The smallest absolute Gasteiger partial charge is 0.197 e. The summed E-state index contributed by atoms with van der Waals surface area (Å²) in [5, 5.41) is 9.44. The Hall–Kier alpha value is -2.54. The molecular formula is C17H10F3N. The van der Waals surface area contributed by atoms with Crippen LogP contribution in [-0.2, 0) is 6.18 Å². The summed E-state index contributed by atoms with van der Waals surface area (Å²) in [4.78, 5) is 0. The summed E-state index contributed by atoms with van der Waals surface area (Å²) in [6, 6.07) is 12.9. The van der Waals surface area contributed by atoms with Gasteiger partial charge in [-0.3, -0.25) is 0 Å². The second kappa shape index (κ2) is 4.78. The molecule has 21 heavy (non-hydrogen) atoms. The molecular weight excluding hydrogens is 275 g/mol. The summed E-state index contributed by atoms with van der Waals surface area (Å²) >= 11 is 0. The number of alkyl halides is 3. The molecule has 0 spiro atoms. The van der Waals surface area contributed by atoms with Gasteiger partial charge in [-0.2, -0.15) is 18.4 Å². The van der Waals surface area contributed by atoms with E-state index in [0.717, 1.165) is 23.3 Å². The van der Waals surface area contributed by atoms with Crippen LogP contribution in [0.1, 0.15) is 33.7 Å². The van der Waals surface area contributed by atoms with Crippen LogP contribution < -0.4 is 0 Å². The molecule has 3 rings (SSSR count). The number of benzene rings is 2. The predicted octanol–water partition coefficient (Wildman–Crippen LogP) is 4.84. The van der Waals surface area contributed by atoms with E-state index in [2.05, 4.69) is 6.07 Å². The first-order valence-electron chi connectivity index (χ1n) is 6.38. The highest BCUT2D eigenvalue weighted by molar-refractivity contribution is 5.77. The van der Waals surface area contributed by atoms with Crippen LogP contribution >= 0.6 is 0 Å². The van der Waals surface area contributed by atoms with Gasteiger partial charge in [0.05, 0.1) is 17.6 Å². The van der Waals surface area contributed by atoms with E-state index in [1.54, 1.807) is 18.2 Å². The average Bonchev–Trinajstić information content (AvgIpc) is 2.62. The van der Waals surface area contributed by atoms with Crippen molar-refractivity contribution in [2.24, 2.45) is 0 Å². The van der Waals surface area contributed by atoms with Crippen molar-refractivity contribution in [2.45, 2.75) is 12.1 Å². The lowest BCUT2D eigenvalue weighted by Gasteiger charge is -2.15. The van der Waals surface area contributed by atoms with Crippen LogP contribution in [-0.4, -0.2) is 0 Å². The summed E-state index contributed by atoms with van der Waals surface area (Å²) < 4.78 is 38.7. The van der Waals surface area contributed by atoms with Crippen LogP contribution in [0.2, 0.25) is 0 Å².